The first-order chi connectivity index (χ1) is 14.1. The second-order valence-corrected chi connectivity index (χ2v) is 14.9. The molecule has 30 heavy (non-hydrogen) atoms. The molecule has 0 N–H and O–H groups in total. The van der Waals surface area contributed by atoms with E-state index in [1.54, 1.807) is 0 Å². The van der Waals surface area contributed by atoms with E-state index in [1.165, 1.54) is 12.8 Å². The van der Waals surface area contributed by atoms with Gasteiger partial charge in [-0.2, -0.15) is 0 Å². The van der Waals surface area contributed by atoms with E-state index >= 15 is 0 Å². The number of Topliss-reactive ketones (excluding diaryl/α,β-unsaturated/α-hetero) is 1. The lowest BCUT2D eigenvalue weighted by Gasteiger charge is -2.38. The molecule has 1 saturated heterocycles. The van der Waals surface area contributed by atoms with Crippen LogP contribution in [-0.4, -0.2) is 39.2 Å². The first-order valence-electron chi connectivity index (χ1n) is 11.7. The third-order valence-electron chi connectivity index (χ3n) is 6.48. The smallest absolute Gasteiger partial charge is 0.191 e. The normalized spacial score (nSPS) is 22.8. The Morgan fingerprint density at radius 3 is 2.37 bits per heavy atom. The molecule has 0 aliphatic carbocycles. The lowest BCUT2D eigenvalue weighted by molar-refractivity contribution is -0.245. The minimum atomic E-state index is -1.76. The highest BCUT2D eigenvalue weighted by Gasteiger charge is 2.37. The van der Waals surface area contributed by atoms with Gasteiger partial charge < -0.3 is 13.9 Å². The zero-order valence-corrected chi connectivity index (χ0v) is 20.9. The van der Waals surface area contributed by atoms with Crippen molar-refractivity contribution in [3.63, 3.8) is 0 Å². The predicted octanol–water partition coefficient (Wildman–Crippen LogP) is 6.75. The van der Waals surface area contributed by atoms with Crippen molar-refractivity contribution in [1.29, 1.82) is 0 Å². The molecule has 5 heteroatoms. The lowest BCUT2D eigenvalue weighted by atomic mass is 9.99. The molecule has 1 fully saturated rings. The summed E-state index contributed by atoms with van der Waals surface area (Å²) >= 11 is 0. The van der Waals surface area contributed by atoms with Gasteiger partial charge in [-0.25, -0.2) is 0 Å². The maximum absolute atomic E-state index is 12.7. The van der Waals surface area contributed by atoms with Gasteiger partial charge in [-0.3, -0.25) is 4.79 Å². The number of carbonyl (C=O) groups excluding carboxylic acids is 1. The van der Waals surface area contributed by atoms with Crippen molar-refractivity contribution in [3.05, 3.63) is 35.9 Å². The number of carbonyl (C=O) groups is 1. The van der Waals surface area contributed by atoms with Crippen molar-refractivity contribution < 1.29 is 18.7 Å². The van der Waals surface area contributed by atoms with E-state index in [1.807, 2.05) is 30.3 Å². The Hall–Kier alpha value is -1.01. The van der Waals surface area contributed by atoms with Crippen LogP contribution in [0.5, 0.6) is 0 Å². The van der Waals surface area contributed by atoms with E-state index < -0.39 is 8.32 Å². The Morgan fingerprint density at radius 2 is 1.73 bits per heavy atom. The van der Waals surface area contributed by atoms with Crippen LogP contribution >= 0.6 is 0 Å². The molecule has 3 atom stereocenters. The largest absolute Gasteiger partial charge is 0.417 e. The van der Waals surface area contributed by atoms with Crippen LogP contribution in [0, 0.1) is 0 Å². The van der Waals surface area contributed by atoms with Gasteiger partial charge in [0.1, 0.15) is 0 Å². The van der Waals surface area contributed by atoms with Gasteiger partial charge >= 0.3 is 0 Å². The molecular formula is C25H42O4Si. The molecule has 2 rings (SSSR count). The summed E-state index contributed by atoms with van der Waals surface area (Å²) in [6.45, 7) is 14.3. The Morgan fingerprint density at radius 1 is 1.07 bits per heavy atom. The van der Waals surface area contributed by atoms with E-state index in [-0.39, 0.29) is 29.3 Å². The summed E-state index contributed by atoms with van der Waals surface area (Å²) in [5, 5.41) is 0.205. The summed E-state index contributed by atoms with van der Waals surface area (Å²) in [7, 11) is -1.76. The average Bonchev–Trinajstić information content (AvgIpc) is 2.68. The third-order valence-corrected chi connectivity index (χ3v) is 11.0. The summed E-state index contributed by atoms with van der Waals surface area (Å²) in [6, 6.07) is 9.51. The molecule has 1 aromatic carbocycles. The third kappa shape index (κ3) is 7.91. The van der Waals surface area contributed by atoms with Crippen molar-refractivity contribution in [2.24, 2.45) is 0 Å². The molecule has 4 nitrogen and oxygen atoms in total. The molecule has 0 saturated carbocycles. The molecule has 0 bridgehead atoms. The van der Waals surface area contributed by atoms with Crippen LogP contribution in [0.25, 0.3) is 0 Å². The molecule has 170 valence electrons. The Bertz CT molecular complexity index is 638. The molecule has 1 heterocycles. The van der Waals surface area contributed by atoms with Crippen LogP contribution in [0.3, 0.4) is 0 Å². The summed E-state index contributed by atoms with van der Waals surface area (Å²) in [5.41, 5.74) is 0.757. The maximum Gasteiger partial charge on any atom is 0.191 e. The molecule has 1 aromatic rings. The molecule has 1 aliphatic rings. The van der Waals surface area contributed by atoms with Gasteiger partial charge in [0, 0.05) is 25.0 Å². The first kappa shape index (κ1) is 25.2. The highest BCUT2D eigenvalue weighted by atomic mass is 28.4. The fourth-order valence-corrected chi connectivity index (χ4v) is 4.55. The summed E-state index contributed by atoms with van der Waals surface area (Å²) < 4.78 is 18.8. The molecule has 0 spiro atoms. The van der Waals surface area contributed by atoms with Crippen LogP contribution in [0.2, 0.25) is 18.1 Å². The molecular weight excluding hydrogens is 392 g/mol. The molecule has 0 unspecified atom stereocenters. The van der Waals surface area contributed by atoms with Crippen molar-refractivity contribution in [2.45, 2.75) is 109 Å². The first-order valence-corrected chi connectivity index (χ1v) is 14.6. The number of benzene rings is 1. The average molecular weight is 435 g/mol. The van der Waals surface area contributed by atoms with Crippen LogP contribution < -0.4 is 0 Å². The Labute approximate surface area is 184 Å². The number of ketones is 1. The minimum absolute atomic E-state index is 0.0868. The number of unbranched alkanes of at least 4 members (excludes halogenated alkanes) is 2. The molecule has 0 aromatic heterocycles. The van der Waals surface area contributed by atoms with E-state index in [0.717, 1.165) is 31.2 Å². The van der Waals surface area contributed by atoms with Crippen molar-refractivity contribution in [2.75, 3.05) is 6.61 Å². The quantitative estimate of drug-likeness (QED) is 0.219. The van der Waals surface area contributed by atoms with Crippen LogP contribution in [0.15, 0.2) is 30.3 Å². The lowest BCUT2D eigenvalue weighted by Crippen LogP contribution is -2.43. The van der Waals surface area contributed by atoms with Crippen molar-refractivity contribution in [3.8, 4) is 0 Å². The second kappa shape index (κ2) is 11.6. The van der Waals surface area contributed by atoms with Gasteiger partial charge in [0.25, 0.3) is 0 Å². The second-order valence-electron chi connectivity index (χ2n) is 10.1. The fraction of sp³-hybridized carbons (Fsp3) is 0.720. The number of rotatable bonds is 11. The SMILES string of the molecule is CCCCC[C@@H]1O[C@H](CCO[Si](C)(C)C(C)(C)C)C[C@H](CC(=O)c2ccccc2)O1. The number of ether oxygens (including phenoxy) is 2. The maximum atomic E-state index is 12.7. The topological polar surface area (TPSA) is 44.8 Å². The minimum Gasteiger partial charge on any atom is -0.417 e. The monoisotopic (exact) mass is 434 g/mol. The standard InChI is InChI=1S/C25H42O4Si/c1-7-8-10-15-24-28-21(16-17-27-30(5,6)25(2,3)4)18-22(29-24)19-23(26)20-13-11-9-12-14-20/h9,11-14,21-22,24H,7-8,10,15-19H2,1-6H3/t21-,22-,24-/m1/s1. The summed E-state index contributed by atoms with van der Waals surface area (Å²) in [5.74, 6) is 0.145. The molecule has 1 aliphatic heterocycles. The van der Waals surface area contributed by atoms with Crippen LogP contribution in [0.1, 0.15) is 83.0 Å². The highest BCUT2D eigenvalue weighted by Crippen LogP contribution is 2.37. The van der Waals surface area contributed by atoms with Crippen LogP contribution in [0.4, 0.5) is 0 Å². The molecule has 0 radical (unpaired) electrons. The van der Waals surface area contributed by atoms with Gasteiger partial charge in [0.15, 0.2) is 20.4 Å². The zero-order valence-electron chi connectivity index (χ0n) is 19.9. The molecule has 0 amide bonds. The van der Waals surface area contributed by atoms with E-state index in [9.17, 15) is 4.79 Å². The summed E-state index contributed by atoms with van der Waals surface area (Å²) in [4.78, 5) is 12.7. The van der Waals surface area contributed by atoms with Gasteiger partial charge in [-0.15, -0.1) is 0 Å². The van der Waals surface area contributed by atoms with Gasteiger partial charge in [-0.05, 0) is 37.4 Å². The number of hydrogen-bond donors (Lipinski definition) is 0. The van der Waals surface area contributed by atoms with Crippen LogP contribution in [-0.2, 0) is 13.9 Å². The zero-order chi connectivity index (χ0) is 22.2. The predicted molar refractivity (Wildman–Crippen MR) is 125 cm³/mol. The Kier molecular flexibility index (Phi) is 9.73. The number of hydrogen-bond acceptors (Lipinski definition) is 4. The Balaban J connectivity index is 1.94. The van der Waals surface area contributed by atoms with E-state index in [0.29, 0.717) is 13.0 Å². The summed E-state index contributed by atoms with van der Waals surface area (Å²) in [6.07, 6.45) is 6.15. The van der Waals surface area contributed by atoms with Gasteiger partial charge in [0.05, 0.1) is 12.2 Å². The van der Waals surface area contributed by atoms with E-state index in [4.69, 9.17) is 13.9 Å². The van der Waals surface area contributed by atoms with Crippen molar-refractivity contribution >= 4 is 14.1 Å². The fourth-order valence-electron chi connectivity index (χ4n) is 3.49. The van der Waals surface area contributed by atoms with Gasteiger partial charge in [0.2, 0.25) is 0 Å². The van der Waals surface area contributed by atoms with Crippen molar-refractivity contribution in [1.82, 2.24) is 0 Å². The highest BCUT2D eigenvalue weighted by molar-refractivity contribution is 6.74. The van der Waals surface area contributed by atoms with E-state index in [2.05, 4.69) is 40.8 Å². The van der Waals surface area contributed by atoms with Gasteiger partial charge in [-0.1, -0.05) is 70.9 Å².